The number of hydrogen-bond donors (Lipinski definition) is 1. The minimum atomic E-state index is -1.23. The summed E-state index contributed by atoms with van der Waals surface area (Å²) in [7, 11) is 1.60. The molecule has 0 radical (unpaired) electrons. The minimum Gasteiger partial charge on any atom is -0.497 e. The Bertz CT molecular complexity index is 1190. The quantitative estimate of drug-likeness (QED) is 0.614. The fourth-order valence-electron chi connectivity index (χ4n) is 3.83. The highest BCUT2D eigenvalue weighted by Crippen LogP contribution is 2.37. The summed E-state index contributed by atoms with van der Waals surface area (Å²) < 4.78 is 21.7. The molecule has 2 aliphatic heterocycles. The van der Waals surface area contributed by atoms with E-state index >= 15 is 0 Å². The Labute approximate surface area is 183 Å². The maximum atomic E-state index is 13.3. The smallest absolute Gasteiger partial charge is 0.325 e. The Morgan fingerprint density at radius 1 is 1.06 bits per heavy atom. The van der Waals surface area contributed by atoms with Gasteiger partial charge in [0.25, 0.3) is 5.91 Å². The van der Waals surface area contributed by atoms with Crippen molar-refractivity contribution in [3.63, 3.8) is 0 Å². The summed E-state index contributed by atoms with van der Waals surface area (Å²) in [5.74, 6) is 1.90. The van der Waals surface area contributed by atoms with Gasteiger partial charge < -0.3 is 24.1 Å². The van der Waals surface area contributed by atoms with Crippen LogP contribution in [0, 0.1) is 0 Å². The molecule has 32 heavy (non-hydrogen) atoms. The molecule has 1 atom stereocenters. The van der Waals surface area contributed by atoms with Crippen molar-refractivity contribution in [2.24, 2.45) is 0 Å². The number of urea groups is 1. The molecular weight excluding hydrogens is 414 g/mol. The third kappa shape index (κ3) is 3.31. The van der Waals surface area contributed by atoms with Crippen LogP contribution in [0.25, 0.3) is 11.3 Å². The molecule has 1 saturated heterocycles. The van der Waals surface area contributed by atoms with Gasteiger partial charge in [0.05, 0.1) is 13.7 Å². The first-order valence-corrected chi connectivity index (χ1v) is 10.1. The first kappa shape index (κ1) is 19.9. The summed E-state index contributed by atoms with van der Waals surface area (Å²) in [6.45, 7) is 2.54. The molecule has 3 heterocycles. The molecule has 1 aromatic heterocycles. The van der Waals surface area contributed by atoms with Crippen molar-refractivity contribution < 1.29 is 28.3 Å². The highest BCUT2D eigenvalue weighted by atomic mass is 16.6. The van der Waals surface area contributed by atoms with Gasteiger partial charge in [0.2, 0.25) is 0 Å². The highest BCUT2D eigenvalue weighted by molar-refractivity contribution is 6.07. The maximum Gasteiger partial charge on any atom is 0.325 e. The molecule has 9 heteroatoms. The van der Waals surface area contributed by atoms with Crippen molar-refractivity contribution in [1.82, 2.24) is 15.4 Å². The van der Waals surface area contributed by atoms with E-state index in [1.165, 1.54) is 0 Å². The summed E-state index contributed by atoms with van der Waals surface area (Å²) in [5.41, 5.74) is 0.814. The molecule has 2 aliphatic rings. The van der Waals surface area contributed by atoms with Crippen LogP contribution in [-0.2, 0) is 16.9 Å². The average molecular weight is 435 g/mol. The normalized spacial score (nSPS) is 19.8. The third-order valence-corrected chi connectivity index (χ3v) is 5.65. The van der Waals surface area contributed by atoms with Crippen molar-refractivity contribution in [3.8, 4) is 28.5 Å². The predicted molar refractivity (Wildman–Crippen MR) is 112 cm³/mol. The zero-order valence-electron chi connectivity index (χ0n) is 17.6. The molecule has 0 bridgehead atoms. The van der Waals surface area contributed by atoms with Crippen molar-refractivity contribution in [1.29, 1.82) is 0 Å². The van der Waals surface area contributed by atoms with E-state index in [0.29, 0.717) is 41.7 Å². The van der Waals surface area contributed by atoms with Crippen LogP contribution in [0.3, 0.4) is 0 Å². The second-order valence-corrected chi connectivity index (χ2v) is 7.71. The van der Waals surface area contributed by atoms with Gasteiger partial charge in [-0.1, -0.05) is 11.2 Å². The first-order valence-electron chi connectivity index (χ1n) is 10.1. The molecule has 1 fully saturated rings. The zero-order chi connectivity index (χ0) is 22.3. The van der Waals surface area contributed by atoms with Crippen molar-refractivity contribution in [2.75, 3.05) is 20.3 Å². The number of aromatic nitrogens is 1. The number of ether oxygens (including phenoxy) is 3. The Morgan fingerprint density at radius 3 is 2.56 bits per heavy atom. The number of fused-ring (bicyclic) bond motifs is 1. The topological polar surface area (TPSA) is 103 Å². The maximum absolute atomic E-state index is 13.3. The lowest BCUT2D eigenvalue weighted by Crippen LogP contribution is -2.40. The van der Waals surface area contributed by atoms with Gasteiger partial charge in [-0.25, -0.2) is 4.79 Å². The Morgan fingerprint density at radius 2 is 1.81 bits per heavy atom. The zero-order valence-corrected chi connectivity index (χ0v) is 17.6. The molecule has 1 N–H and O–H groups in total. The summed E-state index contributed by atoms with van der Waals surface area (Å²) in [4.78, 5) is 27.0. The SMILES string of the molecule is COc1ccc(-c2cc(CN3C(=O)N[C@@](C)(c4ccc5c(c4)OCCO5)C3=O)on2)cc1. The number of methoxy groups -OCH3 is 1. The van der Waals surface area contributed by atoms with Crippen LogP contribution >= 0.6 is 0 Å². The molecule has 3 aromatic rings. The molecule has 3 amide bonds. The summed E-state index contributed by atoms with van der Waals surface area (Å²) in [6.07, 6.45) is 0. The van der Waals surface area contributed by atoms with Gasteiger partial charge in [0, 0.05) is 11.6 Å². The van der Waals surface area contributed by atoms with Gasteiger partial charge in [0.15, 0.2) is 17.3 Å². The fourth-order valence-corrected chi connectivity index (χ4v) is 3.83. The predicted octanol–water partition coefficient (Wildman–Crippen LogP) is 3.09. The van der Waals surface area contributed by atoms with Gasteiger partial charge in [-0.15, -0.1) is 0 Å². The highest BCUT2D eigenvalue weighted by Gasteiger charge is 2.49. The van der Waals surface area contributed by atoms with E-state index in [2.05, 4.69) is 10.5 Å². The summed E-state index contributed by atoms with van der Waals surface area (Å²) >= 11 is 0. The lowest BCUT2D eigenvalue weighted by Gasteiger charge is -2.25. The molecule has 9 nitrogen and oxygen atoms in total. The van der Waals surface area contributed by atoms with Crippen molar-refractivity contribution in [2.45, 2.75) is 19.0 Å². The minimum absolute atomic E-state index is 0.0338. The summed E-state index contributed by atoms with van der Waals surface area (Å²) in [5, 5.41) is 6.85. The van der Waals surface area contributed by atoms with E-state index in [4.69, 9.17) is 18.7 Å². The number of rotatable bonds is 5. The molecule has 5 rings (SSSR count). The molecule has 0 unspecified atom stereocenters. The molecule has 164 valence electrons. The fraction of sp³-hybridized carbons (Fsp3) is 0.261. The van der Waals surface area contributed by atoms with Gasteiger partial charge in [-0.2, -0.15) is 0 Å². The number of nitrogens with one attached hydrogen (secondary N) is 1. The first-order chi connectivity index (χ1) is 15.5. The van der Waals surface area contributed by atoms with Crippen LogP contribution in [0.5, 0.6) is 17.2 Å². The van der Waals surface area contributed by atoms with Crippen LogP contribution in [0.2, 0.25) is 0 Å². The van der Waals surface area contributed by atoms with E-state index in [0.717, 1.165) is 16.2 Å². The lowest BCUT2D eigenvalue weighted by atomic mass is 9.91. The Kier molecular flexibility index (Phi) is 4.73. The van der Waals surface area contributed by atoms with E-state index in [9.17, 15) is 9.59 Å². The van der Waals surface area contributed by atoms with Gasteiger partial charge in [-0.3, -0.25) is 9.69 Å². The number of carbonyl (C=O) groups is 2. The Hall–Kier alpha value is -4.01. The average Bonchev–Trinajstić information content (AvgIpc) is 3.38. The molecule has 0 saturated carbocycles. The number of carbonyl (C=O) groups excluding carboxylic acids is 2. The Balaban J connectivity index is 1.36. The van der Waals surface area contributed by atoms with Gasteiger partial charge >= 0.3 is 6.03 Å². The van der Waals surface area contributed by atoms with Crippen LogP contribution in [-0.4, -0.2) is 42.3 Å². The lowest BCUT2D eigenvalue weighted by molar-refractivity contribution is -0.131. The largest absolute Gasteiger partial charge is 0.497 e. The van der Waals surface area contributed by atoms with Gasteiger partial charge in [-0.05, 0) is 48.9 Å². The van der Waals surface area contributed by atoms with Crippen LogP contribution in [0.15, 0.2) is 53.1 Å². The number of benzene rings is 2. The third-order valence-electron chi connectivity index (χ3n) is 5.65. The van der Waals surface area contributed by atoms with E-state index in [1.807, 2.05) is 24.3 Å². The molecular formula is C23H21N3O6. The number of nitrogens with zero attached hydrogens (tertiary/aromatic N) is 2. The van der Waals surface area contributed by atoms with Crippen LogP contribution < -0.4 is 19.5 Å². The number of amides is 3. The van der Waals surface area contributed by atoms with Crippen LogP contribution in [0.1, 0.15) is 18.2 Å². The second kappa shape index (κ2) is 7.60. The van der Waals surface area contributed by atoms with Crippen molar-refractivity contribution in [3.05, 3.63) is 59.9 Å². The van der Waals surface area contributed by atoms with E-state index < -0.39 is 11.6 Å². The monoisotopic (exact) mass is 435 g/mol. The molecule has 0 spiro atoms. The van der Waals surface area contributed by atoms with Gasteiger partial charge in [0.1, 0.15) is 30.2 Å². The number of imide groups is 1. The standard InChI is InChI=1S/C23H21N3O6/c1-23(15-5-8-19-20(11-15)31-10-9-30-19)21(27)26(22(28)24-23)13-17-12-18(25-32-17)14-3-6-16(29-2)7-4-14/h3-8,11-12H,9-10,13H2,1-2H3,(H,24,28)/t23-/m0/s1. The van der Waals surface area contributed by atoms with E-state index in [-0.39, 0.29) is 12.5 Å². The van der Waals surface area contributed by atoms with Crippen LogP contribution in [0.4, 0.5) is 4.79 Å². The molecule has 2 aromatic carbocycles. The second-order valence-electron chi connectivity index (χ2n) is 7.71. The number of hydrogen-bond acceptors (Lipinski definition) is 7. The van der Waals surface area contributed by atoms with Crippen molar-refractivity contribution >= 4 is 11.9 Å². The summed E-state index contributed by atoms with van der Waals surface area (Å²) in [6, 6.07) is 13.8. The van der Waals surface area contributed by atoms with E-state index in [1.54, 1.807) is 38.3 Å². The molecule has 0 aliphatic carbocycles.